The molecule has 0 fully saturated rings. The number of hydrogen-bond donors (Lipinski definition) is 2. The molecular weight excluding hydrogens is 382 g/mol. The third kappa shape index (κ3) is 6.65. The molecule has 0 bridgehead atoms. The van der Waals surface area contributed by atoms with E-state index < -0.39 is 6.10 Å². The third-order valence-electron chi connectivity index (χ3n) is 6.67. The van der Waals surface area contributed by atoms with Crippen molar-refractivity contribution in [3.05, 3.63) is 70.3 Å². The summed E-state index contributed by atoms with van der Waals surface area (Å²) in [6, 6.07) is 15.2. The highest BCUT2D eigenvalue weighted by atomic mass is 16.5. The molecule has 1 aliphatic rings. The number of rotatable bonds is 11. The Labute approximate surface area is 189 Å². The number of aliphatic hydroxyl groups excluding tert-OH is 1. The lowest BCUT2D eigenvalue weighted by molar-refractivity contribution is -0.00493. The van der Waals surface area contributed by atoms with Gasteiger partial charge in [-0.1, -0.05) is 55.8 Å². The zero-order chi connectivity index (χ0) is 22.4. The van der Waals surface area contributed by atoms with E-state index in [0.29, 0.717) is 19.1 Å². The van der Waals surface area contributed by atoms with Gasteiger partial charge in [0.1, 0.15) is 0 Å². The van der Waals surface area contributed by atoms with Crippen LogP contribution in [-0.2, 0) is 24.0 Å². The molecule has 0 spiro atoms. The molecule has 0 radical (unpaired) electrons. The molecule has 2 N–H and O–H groups in total. The Morgan fingerprint density at radius 2 is 1.77 bits per heavy atom. The van der Waals surface area contributed by atoms with Gasteiger partial charge in [-0.2, -0.15) is 0 Å². The van der Waals surface area contributed by atoms with Crippen molar-refractivity contribution >= 4 is 0 Å². The average molecular weight is 424 g/mol. The summed E-state index contributed by atoms with van der Waals surface area (Å²) in [5, 5.41) is 14.1. The Kier molecular flexibility index (Phi) is 8.32. The summed E-state index contributed by atoms with van der Waals surface area (Å²) in [7, 11) is 0. The van der Waals surface area contributed by atoms with Gasteiger partial charge in [0.15, 0.2) is 0 Å². The Balaban J connectivity index is 1.44. The number of β-amino-alcohol motifs (C(OH)–C–C–N with tert-alkyl or cyclic N) is 1. The topological polar surface area (TPSA) is 41.5 Å². The predicted octanol–water partition coefficient (Wildman–Crippen LogP) is 5.56. The maximum absolute atomic E-state index is 10.6. The molecule has 3 nitrogen and oxygen atoms in total. The highest BCUT2D eigenvalue weighted by molar-refractivity contribution is 5.36. The quantitative estimate of drug-likeness (QED) is 0.497. The molecule has 2 aromatic carbocycles. The third-order valence-corrected chi connectivity index (χ3v) is 6.67. The van der Waals surface area contributed by atoms with E-state index in [1.165, 1.54) is 40.7 Å². The van der Waals surface area contributed by atoms with Crippen molar-refractivity contribution in [2.24, 2.45) is 5.92 Å². The Bertz CT molecular complexity index is 820. The van der Waals surface area contributed by atoms with Gasteiger partial charge in [0.05, 0.1) is 18.8 Å². The molecule has 0 aliphatic heterocycles. The normalized spacial score (nSPS) is 16.3. The van der Waals surface area contributed by atoms with Gasteiger partial charge in [0, 0.05) is 12.1 Å². The van der Waals surface area contributed by atoms with Gasteiger partial charge in [0.2, 0.25) is 0 Å². The second kappa shape index (κ2) is 10.8. The lowest BCUT2D eigenvalue weighted by atomic mass is 9.88. The fourth-order valence-corrected chi connectivity index (χ4v) is 5.08. The van der Waals surface area contributed by atoms with Gasteiger partial charge in [-0.25, -0.2) is 0 Å². The minimum Gasteiger partial charge on any atom is -0.389 e. The maximum Gasteiger partial charge on any atom is 0.0898 e. The van der Waals surface area contributed by atoms with E-state index in [2.05, 4.69) is 82.4 Å². The first-order chi connectivity index (χ1) is 14.8. The largest absolute Gasteiger partial charge is 0.389 e. The molecule has 170 valence electrons. The molecule has 0 aromatic heterocycles. The number of hydrogen-bond acceptors (Lipinski definition) is 3. The molecule has 0 amide bonds. The first-order valence-corrected chi connectivity index (χ1v) is 12.0. The Morgan fingerprint density at radius 1 is 1.10 bits per heavy atom. The van der Waals surface area contributed by atoms with Crippen molar-refractivity contribution in [1.29, 1.82) is 0 Å². The van der Waals surface area contributed by atoms with Crippen LogP contribution in [0.5, 0.6) is 0 Å². The molecular formula is C28H41NO2. The standard InChI is InChI=1S/C28H41NO2/c1-6-10-26-20(2)11-9-14-27(26)21(3)31-19-25(30)18-29-28(4,5)17-22-15-23-12-7-8-13-24(23)16-22/h7-9,11-14,21-22,25,29-30H,6,10,15-19H2,1-5H3. The molecule has 3 rings (SSSR count). The van der Waals surface area contributed by atoms with Gasteiger partial charge >= 0.3 is 0 Å². The van der Waals surface area contributed by atoms with Crippen LogP contribution >= 0.6 is 0 Å². The van der Waals surface area contributed by atoms with E-state index in [1.54, 1.807) is 0 Å². The van der Waals surface area contributed by atoms with E-state index in [-0.39, 0.29) is 11.6 Å². The minimum atomic E-state index is -0.512. The van der Waals surface area contributed by atoms with Crippen LogP contribution in [0.15, 0.2) is 42.5 Å². The second-order valence-electron chi connectivity index (χ2n) is 10.0. The molecule has 3 heteroatoms. The van der Waals surface area contributed by atoms with Gasteiger partial charge in [-0.05, 0) is 87.1 Å². The Hall–Kier alpha value is -1.68. The number of benzene rings is 2. The maximum atomic E-state index is 10.6. The summed E-state index contributed by atoms with van der Waals surface area (Å²) in [6.45, 7) is 11.9. The number of nitrogens with one attached hydrogen (secondary N) is 1. The summed E-state index contributed by atoms with van der Waals surface area (Å²) in [6.07, 6.45) is 5.11. The van der Waals surface area contributed by atoms with E-state index in [1.807, 2.05) is 0 Å². The highest BCUT2D eigenvalue weighted by Crippen LogP contribution is 2.32. The van der Waals surface area contributed by atoms with Crippen molar-refractivity contribution in [2.75, 3.05) is 13.2 Å². The fourth-order valence-electron chi connectivity index (χ4n) is 5.08. The first kappa shape index (κ1) is 24.0. The molecule has 0 heterocycles. The van der Waals surface area contributed by atoms with Gasteiger partial charge in [-0.3, -0.25) is 0 Å². The van der Waals surface area contributed by atoms with Crippen molar-refractivity contribution < 1.29 is 9.84 Å². The SMILES string of the molecule is CCCc1c(C)cccc1C(C)OCC(O)CNC(C)(C)CC1Cc2ccccc2C1. The van der Waals surface area contributed by atoms with E-state index in [0.717, 1.165) is 19.3 Å². The van der Waals surface area contributed by atoms with Gasteiger partial charge < -0.3 is 15.2 Å². The van der Waals surface area contributed by atoms with Crippen LogP contribution in [0.4, 0.5) is 0 Å². The fraction of sp³-hybridized carbons (Fsp3) is 0.571. The van der Waals surface area contributed by atoms with Crippen molar-refractivity contribution in [3.8, 4) is 0 Å². The molecule has 2 atom stereocenters. The smallest absolute Gasteiger partial charge is 0.0898 e. The zero-order valence-corrected chi connectivity index (χ0v) is 20.1. The predicted molar refractivity (Wildman–Crippen MR) is 130 cm³/mol. The number of fused-ring (bicyclic) bond motifs is 1. The van der Waals surface area contributed by atoms with E-state index in [4.69, 9.17) is 4.74 Å². The van der Waals surface area contributed by atoms with Crippen molar-refractivity contribution in [3.63, 3.8) is 0 Å². The summed E-state index contributed by atoms with van der Waals surface area (Å²) in [5.41, 5.74) is 6.97. The van der Waals surface area contributed by atoms with Crippen LogP contribution in [-0.4, -0.2) is 29.9 Å². The number of aliphatic hydroxyl groups is 1. The second-order valence-corrected chi connectivity index (χ2v) is 10.0. The van der Waals surface area contributed by atoms with Gasteiger partial charge in [-0.15, -0.1) is 0 Å². The van der Waals surface area contributed by atoms with Crippen molar-refractivity contribution in [1.82, 2.24) is 5.32 Å². The molecule has 0 saturated heterocycles. The van der Waals surface area contributed by atoms with Crippen LogP contribution < -0.4 is 5.32 Å². The summed E-state index contributed by atoms with van der Waals surface area (Å²) in [5.74, 6) is 0.673. The number of aryl methyl sites for hydroxylation is 1. The number of ether oxygens (including phenoxy) is 1. The zero-order valence-electron chi connectivity index (χ0n) is 20.1. The molecule has 0 saturated carbocycles. The van der Waals surface area contributed by atoms with Crippen LogP contribution in [0.1, 0.15) is 74.5 Å². The summed E-state index contributed by atoms with van der Waals surface area (Å²) < 4.78 is 6.08. The lowest BCUT2D eigenvalue weighted by Crippen LogP contribution is -2.45. The van der Waals surface area contributed by atoms with E-state index in [9.17, 15) is 5.11 Å². The monoisotopic (exact) mass is 423 g/mol. The molecule has 2 aromatic rings. The summed E-state index contributed by atoms with van der Waals surface area (Å²) in [4.78, 5) is 0. The highest BCUT2D eigenvalue weighted by Gasteiger charge is 2.28. The minimum absolute atomic E-state index is 0.00978. The van der Waals surface area contributed by atoms with Crippen LogP contribution in [0.25, 0.3) is 0 Å². The molecule has 1 aliphatic carbocycles. The van der Waals surface area contributed by atoms with Gasteiger partial charge in [0.25, 0.3) is 0 Å². The first-order valence-electron chi connectivity index (χ1n) is 12.0. The van der Waals surface area contributed by atoms with Crippen molar-refractivity contribution in [2.45, 2.75) is 84.5 Å². The lowest BCUT2D eigenvalue weighted by Gasteiger charge is -2.31. The van der Waals surface area contributed by atoms with Crippen LogP contribution in [0.3, 0.4) is 0 Å². The Morgan fingerprint density at radius 3 is 2.42 bits per heavy atom. The van der Waals surface area contributed by atoms with E-state index >= 15 is 0 Å². The van der Waals surface area contributed by atoms with Crippen LogP contribution in [0.2, 0.25) is 0 Å². The van der Waals surface area contributed by atoms with Crippen LogP contribution in [0, 0.1) is 12.8 Å². The summed E-state index contributed by atoms with van der Waals surface area (Å²) >= 11 is 0. The average Bonchev–Trinajstić information content (AvgIpc) is 3.13. The molecule has 2 unspecified atom stereocenters. The molecule has 31 heavy (non-hydrogen) atoms.